The molecule has 29 heavy (non-hydrogen) atoms. The number of rotatable bonds is 5. The van der Waals surface area contributed by atoms with Gasteiger partial charge in [0.05, 0.1) is 13.3 Å². The van der Waals surface area contributed by atoms with Gasteiger partial charge in [-0.05, 0) is 24.1 Å². The van der Waals surface area contributed by atoms with Crippen molar-refractivity contribution >= 4 is 18.2 Å². The lowest BCUT2D eigenvalue weighted by atomic mass is 9.87. The standard InChI is InChI=1S/C21H21N3O5/c1-3-21(15-7-5-4-6-8-15)19(25)24(20(26)23-21)22-13-14-11-16(27-2)18-17(12-14)28-9-10-29-18/h4-8,11-13H,3,9-10H2,1-2H3,(H,23,26)/b22-13-/t21-/m0/s1. The van der Waals surface area contributed by atoms with Gasteiger partial charge in [-0.3, -0.25) is 4.79 Å². The number of fused-ring (bicyclic) bond motifs is 1. The van der Waals surface area contributed by atoms with Crippen molar-refractivity contribution in [3.05, 3.63) is 53.6 Å². The summed E-state index contributed by atoms with van der Waals surface area (Å²) >= 11 is 0. The third kappa shape index (κ3) is 3.16. The lowest BCUT2D eigenvalue weighted by Crippen LogP contribution is -2.43. The van der Waals surface area contributed by atoms with E-state index in [9.17, 15) is 9.59 Å². The Bertz CT molecular complexity index is 959. The number of amides is 3. The lowest BCUT2D eigenvalue weighted by Gasteiger charge is -2.24. The maximum atomic E-state index is 13.1. The van der Waals surface area contributed by atoms with Crippen LogP contribution in [0.3, 0.4) is 0 Å². The molecule has 2 aliphatic heterocycles. The first-order valence-corrected chi connectivity index (χ1v) is 9.33. The second-order valence-electron chi connectivity index (χ2n) is 6.66. The Morgan fingerprint density at radius 1 is 1.21 bits per heavy atom. The van der Waals surface area contributed by atoms with Crippen LogP contribution in [0.4, 0.5) is 4.79 Å². The molecule has 8 nitrogen and oxygen atoms in total. The van der Waals surface area contributed by atoms with Crippen LogP contribution in [0.2, 0.25) is 0 Å². The molecule has 0 unspecified atom stereocenters. The van der Waals surface area contributed by atoms with Gasteiger partial charge >= 0.3 is 6.03 Å². The molecule has 2 heterocycles. The molecule has 0 saturated carbocycles. The third-order valence-corrected chi connectivity index (χ3v) is 5.04. The summed E-state index contributed by atoms with van der Waals surface area (Å²) in [7, 11) is 1.53. The van der Waals surface area contributed by atoms with E-state index in [2.05, 4.69) is 10.4 Å². The Hall–Kier alpha value is -3.55. The zero-order valence-corrected chi connectivity index (χ0v) is 16.2. The highest BCUT2D eigenvalue weighted by Gasteiger charge is 2.51. The fraction of sp³-hybridized carbons (Fsp3) is 0.286. The summed E-state index contributed by atoms with van der Waals surface area (Å²) in [6, 6.07) is 12.0. The van der Waals surface area contributed by atoms with Crippen LogP contribution in [0.1, 0.15) is 24.5 Å². The van der Waals surface area contributed by atoms with Crippen molar-refractivity contribution in [2.75, 3.05) is 20.3 Å². The molecule has 2 aliphatic rings. The summed E-state index contributed by atoms with van der Waals surface area (Å²) in [5.41, 5.74) is 0.208. The number of imide groups is 1. The van der Waals surface area contributed by atoms with Gasteiger partial charge in [0, 0.05) is 5.56 Å². The Labute approximate surface area is 168 Å². The van der Waals surface area contributed by atoms with Gasteiger partial charge in [0.1, 0.15) is 18.8 Å². The Kier molecular flexibility index (Phi) is 4.84. The van der Waals surface area contributed by atoms with E-state index < -0.39 is 17.5 Å². The molecule has 3 amide bonds. The molecule has 0 aliphatic carbocycles. The van der Waals surface area contributed by atoms with Crippen molar-refractivity contribution in [2.24, 2.45) is 5.10 Å². The van der Waals surface area contributed by atoms with E-state index in [1.165, 1.54) is 13.3 Å². The number of hydrazone groups is 1. The molecule has 0 aromatic heterocycles. The minimum absolute atomic E-state index is 0.408. The molecule has 4 rings (SSSR count). The molecular weight excluding hydrogens is 374 g/mol. The summed E-state index contributed by atoms with van der Waals surface area (Å²) in [4.78, 5) is 25.6. The van der Waals surface area contributed by atoms with Crippen LogP contribution in [-0.4, -0.2) is 43.5 Å². The number of methoxy groups -OCH3 is 1. The normalized spacial score (nSPS) is 20.8. The second kappa shape index (κ2) is 7.46. The van der Waals surface area contributed by atoms with Crippen molar-refractivity contribution in [1.82, 2.24) is 10.3 Å². The van der Waals surface area contributed by atoms with Crippen molar-refractivity contribution < 1.29 is 23.8 Å². The number of nitrogens with zero attached hydrogens (tertiary/aromatic N) is 2. The second-order valence-corrected chi connectivity index (χ2v) is 6.66. The summed E-state index contributed by atoms with van der Waals surface area (Å²) in [6.07, 6.45) is 1.83. The highest BCUT2D eigenvalue weighted by Crippen LogP contribution is 2.40. The topological polar surface area (TPSA) is 89.5 Å². The molecule has 2 aromatic carbocycles. The van der Waals surface area contributed by atoms with Gasteiger partial charge in [-0.2, -0.15) is 5.10 Å². The average molecular weight is 395 g/mol. The monoisotopic (exact) mass is 395 g/mol. The molecule has 1 saturated heterocycles. The van der Waals surface area contributed by atoms with E-state index in [4.69, 9.17) is 14.2 Å². The highest BCUT2D eigenvalue weighted by atomic mass is 16.6. The predicted molar refractivity (Wildman–Crippen MR) is 105 cm³/mol. The maximum Gasteiger partial charge on any atom is 0.346 e. The van der Waals surface area contributed by atoms with Gasteiger partial charge in [0.25, 0.3) is 5.91 Å². The van der Waals surface area contributed by atoms with Gasteiger partial charge in [-0.25, -0.2) is 4.79 Å². The first-order valence-electron chi connectivity index (χ1n) is 9.33. The fourth-order valence-corrected chi connectivity index (χ4v) is 3.52. The number of carbonyl (C=O) groups is 2. The van der Waals surface area contributed by atoms with Gasteiger partial charge in [0.15, 0.2) is 11.5 Å². The number of urea groups is 1. The largest absolute Gasteiger partial charge is 0.493 e. The van der Waals surface area contributed by atoms with Crippen LogP contribution in [0.5, 0.6) is 17.2 Å². The number of benzene rings is 2. The van der Waals surface area contributed by atoms with E-state index in [1.54, 1.807) is 12.1 Å². The molecule has 0 bridgehead atoms. The molecule has 0 spiro atoms. The SMILES string of the molecule is CC[C@@]1(c2ccccc2)NC(=O)N(/N=C\c2cc(OC)c3c(c2)OCCO3)C1=O. The summed E-state index contributed by atoms with van der Waals surface area (Å²) in [5.74, 6) is 1.13. The van der Waals surface area contributed by atoms with Crippen molar-refractivity contribution in [3.8, 4) is 17.2 Å². The van der Waals surface area contributed by atoms with Gasteiger partial charge < -0.3 is 19.5 Å². The molecule has 1 atom stereocenters. The molecule has 1 fully saturated rings. The van der Waals surface area contributed by atoms with E-state index >= 15 is 0 Å². The van der Waals surface area contributed by atoms with Crippen LogP contribution in [0.25, 0.3) is 0 Å². The van der Waals surface area contributed by atoms with Gasteiger partial charge in [0.2, 0.25) is 5.75 Å². The predicted octanol–water partition coefficient (Wildman–Crippen LogP) is 2.66. The Morgan fingerprint density at radius 2 is 1.97 bits per heavy atom. The molecule has 0 radical (unpaired) electrons. The highest BCUT2D eigenvalue weighted by molar-refractivity contribution is 6.07. The number of ether oxygens (including phenoxy) is 3. The smallest absolute Gasteiger partial charge is 0.346 e. The van der Waals surface area contributed by atoms with Crippen LogP contribution in [0, 0.1) is 0 Å². The van der Waals surface area contributed by atoms with Gasteiger partial charge in [-0.15, -0.1) is 5.01 Å². The third-order valence-electron chi connectivity index (χ3n) is 5.04. The van der Waals surface area contributed by atoms with Crippen molar-refractivity contribution in [2.45, 2.75) is 18.9 Å². The summed E-state index contributed by atoms with van der Waals surface area (Å²) in [6.45, 7) is 2.72. The molecule has 1 N–H and O–H groups in total. The first-order chi connectivity index (χ1) is 14.1. The van der Waals surface area contributed by atoms with Crippen LogP contribution in [0.15, 0.2) is 47.6 Å². The minimum Gasteiger partial charge on any atom is -0.493 e. The molecular formula is C21H21N3O5. The van der Waals surface area contributed by atoms with Gasteiger partial charge in [-0.1, -0.05) is 37.3 Å². The number of nitrogens with one attached hydrogen (secondary N) is 1. The fourth-order valence-electron chi connectivity index (χ4n) is 3.52. The van der Waals surface area contributed by atoms with Crippen LogP contribution >= 0.6 is 0 Å². The molecule has 8 heteroatoms. The summed E-state index contributed by atoms with van der Waals surface area (Å²) < 4.78 is 16.5. The van der Waals surface area contributed by atoms with E-state index in [0.29, 0.717) is 42.4 Å². The maximum absolute atomic E-state index is 13.1. The van der Waals surface area contributed by atoms with Crippen LogP contribution < -0.4 is 19.5 Å². The van der Waals surface area contributed by atoms with E-state index in [1.807, 2.05) is 37.3 Å². The first kappa shape index (κ1) is 18.8. The number of hydrogen-bond acceptors (Lipinski definition) is 6. The van der Waals surface area contributed by atoms with Crippen molar-refractivity contribution in [3.63, 3.8) is 0 Å². The Balaban J connectivity index is 1.64. The number of carbonyl (C=O) groups excluding carboxylic acids is 2. The van der Waals surface area contributed by atoms with Crippen LogP contribution in [-0.2, 0) is 10.3 Å². The molecule has 150 valence electrons. The quantitative estimate of drug-likeness (QED) is 0.621. The van der Waals surface area contributed by atoms with E-state index in [-0.39, 0.29) is 0 Å². The van der Waals surface area contributed by atoms with Crippen molar-refractivity contribution in [1.29, 1.82) is 0 Å². The lowest BCUT2D eigenvalue weighted by molar-refractivity contribution is -0.131. The Morgan fingerprint density at radius 3 is 2.69 bits per heavy atom. The zero-order chi connectivity index (χ0) is 20.4. The summed E-state index contributed by atoms with van der Waals surface area (Å²) in [5, 5.41) is 7.80. The zero-order valence-electron chi connectivity index (χ0n) is 16.2. The minimum atomic E-state index is -1.12. The molecule has 2 aromatic rings. The van der Waals surface area contributed by atoms with E-state index in [0.717, 1.165) is 10.6 Å². The average Bonchev–Trinajstić information content (AvgIpc) is 3.02. The number of hydrogen-bond donors (Lipinski definition) is 1.